The molecule has 1 aromatic carbocycles. The molecule has 18 heavy (non-hydrogen) atoms. The van der Waals surface area contributed by atoms with Gasteiger partial charge in [0.2, 0.25) is 0 Å². The van der Waals surface area contributed by atoms with E-state index in [9.17, 15) is 4.79 Å². The van der Waals surface area contributed by atoms with Crippen LogP contribution in [-0.2, 0) is 0 Å². The zero-order valence-electron chi connectivity index (χ0n) is 8.82. The van der Waals surface area contributed by atoms with Gasteiger partial charge in [-0.15, -0.1) is 0 Å². The van der Waals surface area contributed by atoms with E-state index in [0.717, 1.165) is 4.47 Å². The highest BCUT2D eigenvalue weighted by atomic mass is 79.9. The van der Waals surface area contributed by atoms with Gasteiger partial charge < -0.3 is 5.32 Å². The summed E-state index contributed by atoms with van der Waals surface area (Å²) in [6.07, 6.45) is 2.69. The van der Waals surface area contributed by atoms with Gasteiger partial charge in [0, 0.05) is 9.50 Å². The Morgan fingerprint density at radius 3 is 2.78 bits per heavy atom. The average molecular weight is 347 g/mol. The first-order chi connectivity index (χ1) is 8.56. The molecule has 0 fully saturated rings. The molecule has 2 rings (SSSR count). The van der Waals surface area contributed by atoms with Crippen molar-refractivity contribution in [1.29, 1.82) is 0 Å². The number of rotatable bonds is 2. The molecule has 1 amide bonds. The zero-order valence-corrected chi connectivity index (χ0v) is 11.9. The third kappa shape index (κ3) is 3.19. The summed E-state index contributed by atoms with van der Waals surface area (Å²) in [5.74, 6) is -0.409. The minimum atomic E-state index is -0.409. The highest BCUT2D eigenvalue weighted by Gasteiger charge is 2.11. The molecule has 0 aliphatic heterocycles. The molecule has 0 unspecified atom stereocenters. The summed E-state index contributed by atoms with van der Waals surface area (Å²) in [5, 5.41) is 3.34. The van der Waals surface area contributed by atoms with Crippen molar-refractivity contribution in [2.75, 3.05) is 5.32 Å². The molecule has 0 aliphatic rings. The lowest BCUT2D eigenvalue weighted by Crippen LogP contribution is -2.14. The Bertz CT molecular complexity index is 607. The molecule has 1 N–H and O–H groups in total. The van der Waals surface area contributed by atoms with Gasteiger partial charge in [-0.2, -0.15) is 0 Å². The maximum absolute atomic E-state index is 11.9. The van der Waals surface area contributed by atoms with Gasteiger partial charge in [-0.3, -0.25) is 9.78 Å². The van der Waals surface area contributed by atoms with Crippen LogP contribution in [0.2, 0.25) is 10.2 Å². The smallest absolute Gasteiger partial charge is 0.275 e. The highest BCUT2D eigenvalue weighted by molar-refractivity contribution is 9.10. The monoisotopic (exact) mass is 345 g/mol. The van der Waals surface area contributed by atoms with Gasteiger partial charge in [0.05, 0.1) is 18.1 Å². The SMILES string of the molecule is O=C(Nc1cc(Cl)ccc1Br)c1cncc(Cl)n1. The molecule has 0 aliphatic carbocycles. The Labute approximate surface area is 121 Å². The third-order valence-electron chi connectivity index (χ3n) is 2.01. The molecule has 0 saturated heterocycles. The normalized spacial score (nSPS) is 10.2. The number of halogens is 3. The summed E-state index contributed by atoms with van der Waals surface area (Å²) < 4.78 is 0.718. The van der Waals surface area contributed by atoms with E-state index >= 15 is 0 Å². The summed E-state index contributed by atoms with van der Waals surface area (Å²) in [5.41, 5.74) is 0.684. The molecule has 0 radical (unpaired) electrons. The van der Waals surface area contributed by atoms with Crippen LogP contribution in [0.3, 0.4) is 0 Å². The Hall–Kier alpha value is -1.17. The van der Waals surface area contributed by atoms with Crippen molar-refractivity contribution >= 4 is 50.7 Å². The number of benzene rings is 1. The van der Waals surface area contributed by atoms with Crippen LogP contribution < -0.4 is 5.32 Å². The van der Waals surface area contributed by atoms with E-state index in [-0.39, 0.29) is 10.8 Å². The highest BCUT2D eigenvalue weighted by Crippen LogP contribution is 2.26. The Balaban J connectivity index is 2.24. The van der Waals surface area contributed by atoms with Crippen molar-refractivity contribution in [3.8, 4) is 0 Å². The number of hydrogen-bond donors (Lipinski definition) is 1. The minimum absolute atomic E-state index is 0.134. The first-order valence-electron chi connectivity index (χ1n) is 4.80. The Kier molecular flexibility index (Phi) is 4.16. The maximum atomic E-state index is 11.9. The summed E-state index contributed by atoms with van der Waals surface area (Å²) in [6.45, 7) is 0. The summed E-state index contributed by atoms with van der Waals surface area (Å²) in [4.78, 5) is 19.6. The van der Waals surface area contributed by atoms with Crippen molar-refractivity contribution in [2.24, 2.45) is 0 Å². The van der Waals surface area contributed by atoms with E-state index in [4.69, 9.17) is 23.2 Å². The molecular weight excluding hydrogens is 341 g/mol. The van der Waals surface area contributed by atoms with Crippen molar-refractivity contribution in [3.63, 3.8) is 0 Å². The minimum Gasteiger partial charge on any atom is -0.320 e. The number of hydrogen-bond acceptors (Lipinski definition) is 3. The van der Waals surface area contributed by atoms with Gasteiger partial charge >= 0.3 is 0 Å². The lowest BCUT2D eigenvalue weighted by molar-refractivity contribution is 0.102. The van der Waals surface area contributed by atoms with Gasteiger partial charge in [0.25, 0.3) is 5.91 Å². The molecule has 92 valence electrons. The van der Waals surface area contributed by atoms with Gasteiger partial charge in [-0.1, -0.05) is 23.2 Å². The fraction of sp³-hybridized carbons (Fsp3) is 0. The van der Waals surface area contributed by atoms with E-state index in [2.05, 4.69) is 31.2 Å². The quantitative estimate of drug-likeness (QED) is 0.899. The van der Waals surface area contributed by atoms with Crippen molar-refractivity contribution in [3.05, 3.63) is 50.9 Å². The van der Waals surface area contributed by atoms with Gasteiger partial charge in [-0.05, 0) is 34.1 Å². The van der Waals surface area contributed by atoms with Crippen LogP contribution in [-0.4, -0.2) is 15.9 Å². The fourth-order valence-corrected chi connectivity index (χ4v) is 1.90. The van der Waals surface area contributed by atoms with Crippen LogP contribution >= 0.6 is 39.1 Å². The largest absolute Gasteiger partial charge is 0.320 e. The average Bonchev–Trinajstić information content (AvgIpc) is 2.34. The van der Waals surface area contributed by atoms with Crippen LogP contribution in [0, 0.1) is 0 Å². The molecule has 0 atom stereocenters. The molecular formula is C11H6BrCl2N3O. The molecule has 1 aromatic heterocycles. The van der Waals surface area contributed by atoms with Crippen LogP contribution in [0.25, 0.3) is 0 Å². The summed E-state index contributed by atoms with van der Waals surface area (Å²) >= 11 is 14.8. The zero-order chi connectivity index (χ0) is 13.1. The number of anilines is 1. The summed E-state index contributed by atoms with van der Waals surface area (Å²) in [6, 6.07) is 5.07. The second-order valence-electron chi connectivity index (χ2n) is 3.31. The molecule has 2 aromatic rings. The molecule has 0 bridgehead atoms. The van der Waals surface area contributed by atoms with Crippen LogP contribution in [0.5, 0.6) is 0 Å². The first-order valence-corrected chi connectivity index (χ1v) is 6.35. The van der Waals surface area contributed by atoms with Crippen LogP contribution in [0.15, 0.2) is 35.1 Å². The second-order valence-corrected chi connectivity index (χ2v) is 4.98. The van der Waals surface area contributed by atoms with Gasteiger partial charge in [-0.25, -0.2) is 4.98 Å². The lowest BCUT2D eigenvalue weighted by atomic mass is 10.3. The molecule has 7 heteroatoms. The van der Waals surface area contributed by atoms with Gasteiger partial charge in [0.15, 0.2) is 0 Å². The first kappa shape index (κ1) is 13.3. The molecule has 4 nitrogen and oxygen atoms in total. The fourth-order valence-electron chi connectivity index (χ4n) is 1.23. The van der Waals surface area contributed by atoms with E-state index in [1.54, 1.807) is 18.2 Å². The topological polar surface area (TPSA) is 54.9 Å². The number of nitrogens with zero attached hydrogens (tertiary/aromatic N) is 2. The van der Waals surface area contributed by atoms with Gasteiger partial charge in [0.1, 0.15) is 10.8 Å². The number of aromatic nitrogens is 2. The lowest BCUT2D eigenvalue weighted by Gasteiger charge is -2.07. The van der Waals surface area contributed by atoms with E-state index in [1.807, 2.05) is 0 Å². The third-order valence-corrected chi connectivity index (χ3v) is 3.12. The Morgan fingerprint density at radius 2 is 2.06 bits per heavy atom. The molecule has 1 heterocycles. The predicted octanol–water partition coefficient (Wildman–Crippen LogP) is 3.80. The maximum Gasteiger partial charge on any atom is 0.275 e. The van der Waals surface area contributed by atoms with Crippen LogP contribution in [0.1, 0.15) is 10.5 Å². The van der Waals surface area contributed by atoms with Crippen molar-refractivity contribution < 1.29 is 4.79 Å². The number of carbonyl (C=O) groups excluding carboxylic acids is 1. The Morgan fingerprint density at radius 1 is 1.28 bits per heavy atom. The molecule has 0 spiro atoms. The van der Waals surface area contributed by atoms with E-state index in [1.165, 1.54) is 12.4 Å². The number of amides is 1. The van der Waals surface area contributed by atoms with Crippen LogP contribution in [0.4, 0.5) is 5.69 Å². The van der Waals surface area contributed by atoms with Crippen molar-refractivity contribution in [1.82, 2.24) is 9.97 Å². The predicted molar refractivity (Wildman–Crippen MR) is 74.1 cm³/mol. The standard InChI is InChI=1S/C11H6BrCl2N3O/c12-7-2-1-6(13)3-8(7)17-11(18)9-4-15-5-10(14)16-9/h1-5H,(H,17,18). The number of nitrogens with one attached hydrogen (secondary N) is 1. The second kappa shape index (κ2) is 5.65. The van der Waals surface area contributed by atoms with E-state index < -0.39 is 5.91 Å². The van der Waals surface area contributed by atoms with E-state index in [0.29, 0.717) is 10.7 Å². The number of carbonyl (C=O) groups is 1. The molecule has 0 saturated carbocycles. The van der Waals surface area contributed by atoms with Crippen molar-refractivity contribution in [2.45, 2.75) is 0 Å². The summed E-state index contributed by atoms with van der Waals surface area (Å²) in [7, 11) is 0.